The summed E-state index contributed by atoms with van der Waals surface area (Å²) in [5.41, 5.74) is 2.36. The van der Waals surface area contributed by atoms with Gasteiger partial charge in [-0.1, -0.05) is 6.07 Å². The van der Waals surface area contributed by atoms with Crippen LogP contribution >= 0.6 is 0 Å². The van der Waals surface area contributed by atoms with Crippen molar-refractivity contribution in [3.8, 4) is 0 Å². The number of fused-ring (bicyclic) bond motifs is 4. The van der Waals surface area contributed by atoms with Gasteiger partial charge in [-0.15, -0.1) is 0 Å². The van der Waals surface area contributed by atoms with Gasteiger partial charge in [-0.3, -0.25) is 14.6 Å². The minimum Gasteiger partial charge on any atom is -0.379 e. The highest BCUT2D eigenvalue weighted by molar-refractivity contribution is 5.22. The third kappa shape index (κ3) is 3.78. The summed E-state index contributed by atoms with van der Waals surface area (Å²) in [6.07, 6.45) is 1.19. The van der Waals surface area contributed by atoms with Crippen molar-refractivity contribution in [1.82, 2.24) is 14.4 Å². The van der Waals surface area contributed by atoms with E-state index >= 15 is 0 Å². The summed E-state index contributed by atoms with van der Waals surface area (Å²) in [7, 11) is 0. The second kappa shape index (κ2) is 8.24. The van der Waals surface area contributed by atoms with Crippen LogP contribution in [-0.2, 0) is 27.3 Å². The fourth-order valence-electron chi connectivity index (χ4n) is 5.26. The average molecular weight is 389 g/mol. The Bertz CT molecular complexity index is 738. The lowest BCUT2D eigenvalue weighted by Crippen LogP contribution is -2.53. The van der Waals surface area contributed by atoms with Gasteiger partial charge in [0.2, 0.25) is 0 Å². The number of aromatic nitrogens is 1. The van der Waals surface area contributed by atoms with Crippen molar-refractivity contribution in [3.05, 3.63) is 33.7 Å². The fourth-order valence-corrected chi connectivity index (χ4v) is 5.26. The van der Waals surface area contributed by atoms with Gasteiger partial charge in [0.15, 0.2) is 0 Å². The number of pyridine rings is 1. The predicted molar refractivity (Wildman–Crippen MR) is 105 cm³/mol. The molecular weight excluding hydrogens is 358 g/mol. The molecule has 5 rings (SSSR count). The Morgan fingerprint density at radius 3 is 2.50 bits per heavy atom. The lowest BCUT2D eigenvalue weighted by Gasteiger charge is -2.45. The van der Waals surface area contributed by atoms with Gasteiger partial charge in [-0.25, -0.2) is 0 Å². The first-order valence-corrected chi connectivity index (χ1v) is 10.7. The highest BCUT2D eigenvalue weighted by Gasteiger charge is 2.37. The maximum atomic E-state index is 13.2. The molecule has 3 fully saturated rings. The number of rotatable bonds is 3. The summed E-state index contributed by atoms with van der Waals surface area (Å²) in [4.78, 5) is 18.1. The molecule has 0 N–H and O–H groups in total. The number of morpholine rings is 1. The smallest absolute Gasteiger partial charge is 0.255 e. The normalized spacial score (nSPS) is 30.0. The summed E-state index contributed by atoms with van der Waals surface area (Å²) in [5, 5.41) is 0. The first kappa shape index (κ1) is 18.8. The second-order valence-electron chi connectivity index (χ2n) is 8.64. The van der Waals surface area contributed by atoms with E-state index in [9.17, 15) is 4.79 Å². The number of nitrogens with zero attached hydrogens (tertiary/aromatic N) is 3. The maximum absolute atomic E-state index is 13.2. The Morgan fingerprint density at radius 1 is 0.929 bits per heavy atom. The Hall–Kier alpha value is -1.25. The van der Waals surface area contributed by atoms with Gasteiger partial charge in [-0.05, 0) is 18.4 Å². The molecule has 0 unspecified atom stereocenters. The molecule has 2 bridgehead atoms. The van der Waals surface area contributed by atoms with Gasteiger partial charge in [-0.2, -0.15) is 0 Å². The summed E-state index contributed by atoms with van der Waals surface area (Å²) in [6, 6.07) is 4.62. The van der Waals surface area contributed by atoms with Crippen molar-refractivity contribution >= 4 is 0 Å². The Kier molecular flexibility index (Phi) is 5.52. The molecule has 5 heterocycles. The topological polar surface area (TPSA) is 56.2 Å². The van der Waals surface area contributed by atoms with E-state index in [1.807, 2.05) is 0 Å². The van der Waals surface area contributed by atoms with Crippen molar-refractivity contribution in [2.75, 3.05) is 65.8 Å². The Morgan fingerprint density at radius 2 is 1.71 bits per heavy atom. The van der Waals surface area contributed by atoms with Gasteiger partial charge in [0, 0.05) is 56.4 Å². The van der Waals surface area contributed by atoms with Crippen LogP contribution in [-0.4, -0.2) is 86.2 Å². The lowest BCUT2D eigenvalue weighted by molar-refractivity contribution is 0.0230. The van der Waals surface area contributed by atoms with Crippen molar-refractivity contribution in [3.63, 3.8) is 0 Å². The zero-order valence-corrected chi connectivity index (χ0v) is 16.6. The monoisotopic (exact) mass is 389 g/mol. The number of hydrogen-bond acceptors (Lipinski definition) is 6. The molecule has 2 atom stereocenters. The summed E-state index contributed by atoms with van der Waals surface area (Å²) in [5.74, 6) is 0.965. The van der Waals surface area contributed by atoms with Gasteiger partial charge < -0.3 is 18.8 Å². The van der Waals surface area contributed by atoms with Gasteiger partial charge in [0.05, 0.1) is 45.7 Å². The zero-order chi connectivity index (χ0) is 18.9. The zero-order valence-electron chi connectivity index (χ0n) is 16.6. The summed E-state index contributed by atoms with van der Waals surface area (Å²) >= 11 is 0. The van der Waals surface area contributed by atoms with Crippen LogP contribution in [0.5, 0.6) is 0 Å². The van der Waals surface area contributed by atoms with E-state index in [0.717, 1.165) is 71.3 Å². The van der Waals surface area contributed by atoms with E-state index < -0.39 is 0 Å². The molecule has 1 aromatic rings. The molecule has 0 aliphatic carbocycles. The summed E-state index contributed by atoms with van der Waals surface area (Å²) in [6.45, 7) is 9.86. The van der Waals surface area contributed by atoms with E-state index in [1.54, 1.807) is 0 Å². The average Bonchev–Trinajstić information content (AvgIpc) is 3.01. The molecule has 154 valence electrons. The van der Waals surface area contributed by atoms with Crippen LogP contribution in [0.2, 0.25) is 0 Å². The number of hydrogen-bond donors (Lipinski definition) is 0. The van der Waals surface area contributed by atoms with E-state index in [4.69, 9.17) is 14.2 Å². The molecular formula is C21H31N3O4. The molecule has 0 amide bonds. The second-order valence-corrected chi connectivity index (χ2v) is 8.64. The minimum absolute atomic E-state index is 0.216. The molecule has 4 aliphatic rings. The molecule has 4 aliphatic heterocycles. The molecule has 0 aromatic carbocycles. The van der Waals surface area contributed by atoms with Crippen LogP contribution in [0.25, 0.3) is 0 Å². The van der Waals surface area contributed by atoms with E-state index in [2.05, 4.69) is 26.5 Å². The molecule has 0 spiro atoms. The summed E-state index contributed by atoms with van der Waals surface area (Å²) < 4.78 is 19.0. The van der Waals surface area contributed by atoms with E-state index in [0.29, 0.717) is 31.1 Å². The van der Waals surface area contributed by atoms with Crippen molar-refractivity contribution in [2.45, 2.75) is 31.5 Å². The van der Waals surface area contributed by atoms with E-state index in [1.165, 1.54) is 12.1 Å². The first-order chi connectivity index (χ1) is 13.8. The highest BCUT2D eigenvalue weighted by Crippen LogP contribution is 2.36. The van der Waals surface area contributed by atoms with Crippen molar-refractivity contribution in [2.24, 2.45) is 5.92 Å². The Balaban J connectivity index is 1.34. The number of ether oxygens (including phenoxy) is 3. The van der Waals surface area contributed by atoms with Crippen LogP contribution in [0.4, 0.5) is 0 Å². The molecule has 0 radical (unpaired) electrons. The minimum atomic E-state index is 0.216. The predicted octanol–water partition coefficient (Wildman–Crippen LogP) is 0.515. The van der Waals surface area contributed by atoms with E-state index in [-0.39, 0.29) is 5.56 Å². The molecule has 28 heavy (non-hydrogen) atoms. The number of likely N-dealkylation sites (tertiary alicyclic amines) is 1. The van der Waals surface area contributed by atoms with Crippen molar-refractivity contribution in [1.29, 1.82) is 0 Å². The third-order valence-electron chi connectivity index (χ3n) is 6.72. The largest absolute Gasteiger partial charge is 0.379 e. The lowest BCUT2D eigenvalue weighted by atomic mass is 9.82. The molecule has 7 nitrogen and oxygen atoms in total. The molecule has 3 saturated heterocycles. The van der Waals surface area contributed by atoms with Crippen LogP contribution in [0.15, 0.2) is 16.9 Å². The van der Waals surface area contributed by atoms with Crippen LogP contribution in [0.3, 0.4) is 0 Å². The first-order valence-electron chi connectivity index (χ1n) is 10.7. The molecule has 7 heteroatoms. The Labute approximate surface area is 166 Å². The van der Waals surface area contributed by atoms with Crippen LogP contribution in [0.1, 0.15) is 23.6 Å². The van der Waals surface area contributed by atoms with Gasteiger partial charge >= 0.3 is 0 Å². The number of piperidine rings is 1. The van der Waals surface area contributed by atoms with Gasteiger partial charge in [0.1, 0.15) is 0 Å². The standard InChI is InChI=1S/C21H31N3O4/c25-21-17(12-22-3-5-26-6-4-22)1-2-20-18-9-16(11-24(20)21)10-23(13-18)19-14-27-7-8-28-15-19/h1-2,16,18-19H,3-15H2/t16-,18+/m0/s1. The van der Waals surface area contributed by atoms with Crippen LogP contribution in [0, 0.1) is 5.92 Å². The quantitative estimate of drug-likeness (QED) is 0.751. The third-order valence-corrected chi connectivity index (χ3v) is 6.72. The fraction of sp³-hybridized carbons (Fsp3) is 0.762. The highest BCUT2D eigenvalue weighted by atomic mass is 16.5. The molecule has 0 saturated carbocycles. The maximum Gasteiger partial charge on any atom is 0.255 e. The van der Waals surface area contributed by atoms with Crippen molar-refractivity contribution < 1.29 is 14.2 Å². The van der Waals surface area contributed by atoms with Gasteiger partial charge in [0.25, 0.3) is 5.56 Å². The molecule has 1 aromatic heterocycles. The SMILES string of the molecule is O=c1c(CN2CCOCC2)ccc2n1C[C@H]1C[C@@H]2CN(C2COCCOC2)C1. The van der Waals surface area contributed by atoms with Crippen LogP contribution < -0.4 is 5.56 Å².